The minimum Gasteiger partial charge on any atom is -0.437 e. The van der Waals surface area contributed by atoms with Crippen LogP contribution in [0, 0.1) is 103 Å². The summed E-state index contributed by atoms with van der Waals surface area (Å²) >= 11 is 0. The number of hydrogen-bond acceptors (Lipinski definition) is 8. The van der Waals surface area contributed by atoms with Gasteiger partial charge < -0.3 is 8.83 Å². The fourth-order valence-electron chi connectivity index (χ4n) is 18.9. The van der Waals surface area contributed by atoms with Gasteiger partial charge in [-0.1, -0.05) is 177 Å². The third-order valence-electron chi connectivity index (χ3n) is 26.3. The lowest BCUT2D eigenvalue weighted by Gasteiger charge is -2.12. The van der Waals surface area contributed by atoms with Crippen LogP contribution in [0.3, 0.4) is 0 Å². The summed E-state index contributed by atoms with van der Waals surface area (Å²) in [4.78, 5) is 27.5. The number of para-hydroxylation sites is 3. The summed E-state index contributed by atoms with van der Waals surface area (Å²) in [6.07, 6.45) is 8.93. The van der Waals surface area contributed by atoms with Crippen molar-refractivity contribution in [2.45, 2.75) is 117 Å². The van der Waals surface area contributed by atoms with Gasteiger partial charge in [0.05, 0.1) is 66.2 Å². The Bertz CT molecular complexity index is 8280. The third kappa shape index (κ3) is 18.0. The van der Waals surface area contributed by atoms with E-state index in [1.165, 1.54) is 161 Å². The van der Waals surface area contributed by atoms with E-state index in [1.54, 1.807) is 0 Å². The first-order chi connectivity index (χ1) is 64.6. The van der Waals surface area contributed by atoms with Gasteiger partial charge >= 0.3 is 0 Å². The van der Waals surface area contributed by atoms with Crippen LogP contribution in [0.2, 0.25) is 0 Å². The molecule has 664 valence electrons. The van der Waals surface area contributed by atoms with Gasteiger partial charge in [-0.05, 0) is 280 Å². The minimum absolute atomic E-state index is 0.641. The molecule has 0 radical (unpaired) electrons. The van der Waals surface area contributed by atoms with Gasteiger partial charge in [0.1, 0.15) is 36.9 Å². The largest absolute Gasteiger partial charge is 0.437 e. The molecular formula is C120H118N12O2+6. The number of benzene rings is 12. The summed E-state index contributed by atoms with van der Waals surface area (Å²) in [5.74, 6) is 1.67. The summed E-state index contributed by atoms with van der Waals surface area (Å²) in [6, 6.07) is 96.2. The first-order valence-electron chi connectivity index (χ1n) is 46.2. The van der Waals surface area contributed by atoms with Crippen molar-refractivity contribution in [3.8, 4) is 67.5 Å². The average Bonchev–Trinajstić information content (AvgIpc) is 1.57. The molecule has 14 nitrogen and oxygen atoms in total. The zero-order chi connectivity index (χ0) is 94.2. The Kier molecular flexibility index (Phi) is 25.9. The van der Waals surface area contributed by atoms with E-state index < -0.39 is 0 Å². The predicted octanol–water partition coefficient (Wildman–Crippen LogP) is 25.7. The number of nitrogens with zero attached hydrogens (tertiary/aromatic N) is 12. The quantitative estimate of drug-likeness (QED) is 0.138. The van der Waals surface area contributed by atoms with Crippen LogP contribution in [0.1, 0.15) is 97.8 Å². The monoisotopic (exact) mass is 1760 g/mol. The van der Waals surface area contributed by atoms with Crippen LogP contribution in [0.4, 0.5) is 0 Å². The smallest absolute Gasteiger partial charge is 0.296 e. The average molecular weight is 1760 g/mol. The highest BCUT2D eigenvalue weighted by atomic mass is 16.3. The Labute approximate surface area is 785 Å². The van der Waals surface area contributed by atoms with Gasteiger partial charge in [0.2, 0.25) is 28.3 Å². The number of furan rings is 2. The molecule has 10 heterocycles. The summed E-state index contributed by atoms with van der Waals surface area (Å²) in [7, 11) is 12.5. The molecule has 0 saturated heterocycles. The van der Waals surface area contributed by atoms with E-state index in [0.717, 1.165) is 95.2 Å². The molecule has 0 amide bonds. The van der Waals surface area contributed by atoms with Crippen LogP contribution in [0.25, 0.3) is 177 Å². The molecule has 0 atom stereocenters. The van der Waals surface area contributed by atoms with E-state index in [2.05, 4.69) is 450 Å². The molecule has 0 fully saturated rings. The highest BCUT2D eigenvalue weighted by Gasteiger charge is 2.29. The summed E-state index contributed by atoms with van der Waals surface area (Å²) in [5.41, 5.74) is 40.5. The van der Waals surface area contributed by atoms with Gasteiger partial charge in [-0.15, -0.1) is 0 Å². The van der Waals surface area contributed by atoms with Crippen molar-refractivity contribution in [2.24, 2.45) is 48.2 Å². The fourth-order valence-corrected chi connectivity index (χ4v) is 18.9. The van der Waals surface area contributed by atoms with E-state index in [4.69, 9.17) is 8.83 Å². The molecule has 0 unspecified atom stereocenters. The second kappa shape index (κ2) is 38.3. The van der Waals surface area contributed by atoms with Gasteiger partial charge in [-0.2, -0.15) is 4.57 Å². The van der Waals surface area contributed by atoms with Crippen molar-refractivity contribution in [2.75, 3.05) is 0 Å². The van der Waals surface area contributed by atoms with Crippen molar-refractivity contribution in [1.29, 1.82) is 0 Å². The molecule has 22 aromatic rings. The number of aryl methyl sites for hydroxylation is 17. The molecule has 10 aromatic heterocycles. The van der Waals surface area contributed by atoms with E-state index in [-0.39, 0.29) is 0 Å². The van der Waals surface area contributed by atoms with Gasteiger partial charge in [-0.3, -0.25) is 0 Å². The lowest BCUT2D eigenvalue weighted by molar-refractivity contribution is -0.668. The number of rotatable bonds is 8. The molecule has 134 heavy (non-hydrogen) atoms. The number of fused-ring (bicyclic) bond motifs is 12. The van der Waals surface area contributed by atoms with Crippen LogP contribution in [-0.4, -0.2) is 29.9 Å². The van der Waals surface area contributed by atoms with E-state index in [9.17, 15) is 0 Å². The molecule has 0 aliphatic heterocycles. The lowest BCUT2D eigenvalue weighted by atomic mass is 9.93. The van der Waals surface area contributed by atoms with Crippen molar-refractivity contribution in [3.05, 3.63) is 382 Å². The third-order valence-corrected chi connectivity index (χ3v) is 26.3. The standard InChI is InChI=1S/C28H29N2O.C24H21N2O.4C17H17N2/c1-16(2)13-20-8-10-22-21(15-20)11-12-30(6)26(22)25-19(5)17(3)14-24-23-9-7-18(4)29-28(23)31-27(24)25;1-14-13-19-18-11-9-15(2)25-24(18)27-23(19)22(16(14)3)21-12-10-17-7-5-6-8-20(17)26(21)4;1-12-8-4-5-9-14(12)17-15-10-6-7-11-16(15)18-13(2)19(17)3;1-12-7-4-5-9-14(12)17-15-10-6-8-13(2)16(15)18-11-19(17)3;1-12-8-9-16-15(10-12)17(19(3)11-18-16)14-7-5-4-6-13(14)2;1-12-8-9-15-16(10-12)18-11-19(3)17(15)14-7-5-4-6-13(14)2/h7-12,14-16H,13H2,1-6H3;5-13H,1-4H3;4*4-11H,1-3H3/q6*+1. The number of pyridine rings is 4. The first kappa shape index (κ1) is 90.6. The Hall–Kier alpha value is -15.3. The molecular weight excluding hydrogens is 1640 g/mol. The van der Waals surface area contributed by atoms with E-state index in [1.807, 2.05) is 58.9 Å². The van der Waals surface area contributed by atoms with Gasteiger partial charge in [0.25, 0.3) is 24.8 Å². The maximum absolute atomic E-state index is 6.41. The Balaban J connectivity index is 0.000000113. The molecule has 12 aromatic carbocycles. The van der Waals surface area contributed by atoms with Crippen molar-refractivity contribution in [3.63, 3.8) is 0 Å². The van der Waals surface area contributed by atoms with Crippen molar-refractivity contribution in [1.82, 2.24) is 29.9 Å². The Morgan fingerprint density at radius 2 is 0.769 bits per heavy atom. The predicted molar refractivity (Wildman–Crippen MR) is 550 cm³/mol. The van der Waals surface area contributed by atoms with Gasteiger partial charge in [0, 0.05) is 91.3 Å². The zero-order valence-electron chi connectivity index (χ0n) is 81.3. The van der Waals surface area contributed by atoms with Crippen LogP contribution in [0.15, 0.2) is 307 Å². The minimum atomic E-state index is 0.641. The van der Waals surface area contributed by atoms with Crippen LogP contribution in [0.5, 0.6) is 0 Å². The van der Waals surface area contributed by atoms with Crippen LogP contribution >= 0.6 is 0 Å². The molecule has 22 rings (SSSR count). The maximum Gasteiger partial charge on any atom is 0.296 e. The molecule has 0 N–H and O–H groups in total. The summed E-state index contributed by atoms with van der Waals surface area (Å²) < 4.78 is 25.7. The van der Waals surface area contributed by atoms with Crippen molar-refractivity contribution >= 4 is 109 Å². The molecule has 0 spiro atoms. The van der Waals surface area contributed by atoms with Gasteiger partial charge in [-0.25, -0.2) is 32.8 Å². The highest BCUT2D eigenvalue weighted by Crippen LogP contribution is 2.43. The summed E-state index contributed by atoms with van der Waals surface area (Å²) in [5, 5.41) is 13.0. The second-order valence-electron chi connectivity index (χ2n) is 36.6. The second-order valence-corrected chi connectivity index (χ2v) is 36.6. The van der Waals surface area contributed by atoms with Crippen LogP contribution in [-0.2, 0) is 48.7 Å². The topological polar surface area (TPSA) is 127 Å². The maximum atomic E-state index is 6.41. The first-order valence-corrected chi connectivity index (χ1v) is 46.2. The van der Waals surface area contributed by atoms with E-state index in [0.29, 0.717) is 17.3 Å². The Morgan fingerprint density at radius 3 is 1.37 bits per heavy atom. The molecule has 0 bridgehead atoms. The molecule has 0 saturated carbocycles. The normalized spacial score (nSPS) is 11.3. The van der Waals surface area contributed by atoms with Crippen molar-refractivity contribution < 1.29 is 36.2 Å². The van der Waals surface area contributed by atoms with Gasteiger partial charge in [0.15, 0.2) is 39.4 Å². The SMILES string of the molecule is Cc1ccc2c(-c3ccccc3C)[n+](C)cnc2c1.Cc1ccc2c(n1)oc1c(-c3c4ccc(CC(C)C)cc4cc[n+]3C)c(C)c(C)cc12.Cc1ccc2c(n1)oc1c(-c3ccc4ccccc4[n+]3C)c(C)c(C)cc12.Cc1ccc2nc[n+](C)c(-c3ccccc3C)c2c1.Cc1ccccc1-c1c2cccc(C)c2nc[n+]1C.Cc1ccccc1-c1c2ccccc2nc(C)[n+]1C. The van der Waals surface area contributed by atoms with Crippen LogP contribution < -0.4 is 27.4 Å². The lowest BCUT2D eigenvalue weighted by Crippen LogP contribution is -2.36. The highest BCUT2D eigenvalue weighted by molar-refractivity contribution is 6.12. The van der Waals surface area contributed by atoms with E-state index >= 15 is 0 Å². The Morgan fingerprint density at radius 1 is 0.299 bits per heavy atom. The number of aromatic nitrogens is 12. The molecule has 0 aliphatic rings. The number of hydrogen-bond donors (Lipinski definition) is 0. The fraction of sp³-hybridized carbons (Fsp3) is 0.200. The molecule has 14 heteroatoms. The summed E-state index contributed by atoms with van der Waals surface area (Å²) in [6.45, 7) is 34.2. The zero-order valence-corrected chi connectivity index (χ0v) is 81.3. The molecule has 0 aliphatic carbocycles.